The highest BCUT2D eigenvalue weighted by Crippen LogP contribution is 2.22. The summed E-state index contributed by atoms with van der Waals surface area (Å²) in [6, 6.07) is 12.9. The van der Waals surface area contributed by atoms with Gasteiger partial charge in [0.15, 0.2) is 12.4 Å². The predicted octanol–water partition coefficient (Wildman–Crippen LogP) is 4.03. The largest absolute Gasteiger partial charge is 0.484 e. The first kappa shape index (κ1) is 17.7. The molecule has 2 aromatic rings. The molecule has 2 rings (SSSR count). The topological polar surface area (TPSA) is 55.4 Å². The minimum atomic E-state index is -0.209. The zero-order valence-corrected chi connectivity index (χ0v) is 14.4. The first-order valence-corrected chi connectivity index (χ1v) is 8.19. The molecule has 0 aliphatic carbocycles. The van der Waals surface area contributed by atoms with Crippen molar-refractivity contribution in [2.45, 2.75) is 33.6 Å². The van der Waals surface area contributed by atoms with Gasteiger partial charge in [-0.1, -0.05) is 44.2 Å². The summed E-state index contributed by atoms with van der Waals surface area (Å²) in [7, 11) is 0. The lowest BCUT2D eigenvalue weighted by Gasteiger charge is -2.14. The SMILES string of the molecule is CCc1cccc(CC)c1NC(=O)COc1cccc(C(C)=O)c1. The molecule has 0 saturated heterocycles. The lowest BCUT2D eigenvalue weighted by molar-refractivity contribution is -0.118. The number of aryl methyl sites for hydroxylation is 2. The quantitative estimate of drug-likeness (QED) is 0.782. The first-order valence-electron chi connectivity index (χ1n) is 8.19. The van der Waals surface area contributed by atoms with E-state index in [0.29, 0.717) is 11.3 Å². The Kier molecular flexibility index (Phi) is 6.13. The zero-order chi connectivity index (χ0) is 17.5. The monoisotopic (exact) mass is 325 g/mol. The van der Waals surface area contributed by atoms with Gasteiger partial charge in [0.25, 0.3) is 5.91 Å². The second kappa shape index (κ2) is 8.29. The maximum absolute atomic E-state index is 12.2. The molecule has 0 aliphatic heterocycles. The molecule has 0 aromatic heterocycles. The number of hydrogen-bond acceptors (Lipinski definition) is 3. The molecule has 0 saturated carbocycles. The number of ether oxygens (including phenoxy) is 1. The van der Waals surface area contributed by atoms with E-state index in [2.05, 4.69) is 19.2 Å². The number of nitrogens with one attached hydrogen (secondary N) is 1. The van der Waals surface area contributed by atoms with Crippen LogP contribution in [0.15, 0.2) is 42.5 Å². The van der Waals surface area contributed by atoms with Crippen molar-refractivity contribution < 1.29 is 14.3 Å². The van der Waals surface area contributed by atoms with Crippen LogP contribution in [0.5, 0.6) is 5.75 Å². The third-order valence-electron chi connectivity index (χ3n) is 3.87. The molecule has 1 N–H and O–H groups in total. The van der Waals surface area contributed by atoms with Gasteiger partial charge < -0.3 is 10.1 Å². The Morgan fingerprint density at radius 3 is 2.21 bits per heavy atom. The molecule has 0 unspecified atom stereocenters. The van der Waals surface area contributed by atoms with Gasteiger partial charge in [0, 0.05) is 11.3 Å². The van der Waals surface area contributed by atoms with Crippen LogP contribution in [0.1, 0.15) is 42.3 Å². The Hall–Kier alpha value is -2.62. The highest BCUT2D eigenvalue weighted by molar-refractivity contribution is 5.95. The van der Waals surface area contributed by atoms with Crippen molar-refractivity contribution in [1.29, 1.82) is 0 Å². The van der Waals surface area contributed by atoms with Crippen molar-refractivity contribution in [3.05, 3.63) is 59.2 Å². The van der Waals surface area contributed by atoms with Crippen LogP contribution in [-0.4, -0.2) is 18.3 Å². The standard InChI is InChI=1S/C20H23NO3/c1-4-15-8-6-9-16(5-2)20(15)21-19(23)13-24-18-11-7-10-17(12-18)14(3)22/h6-12H,4-5,13H2,1-3H3,(H,21,23). The second-order valence-electron chi connectivity index (χ2n) is 5.58. The van der Waals surface area contributed by atoms with Gasteiger partial charge in [-0.15, -0.1) is 0 Å². The first-order chi connectivity index (χ1) is 11.5. The van der Waals surface area contributed by atoms with Gasteiger partial charge in [-0.2, -0.15) is 0 Å². The Morgan fingerprint density at radius 2 is 1.62 bits per heavy atom. The predicted molar refractivity (Wildman–Crippen MR) is 95.8 cm³/mol. The van der Waals surface area contributed by atoms with Gasteiger partial charge in [0.1, 0.15) is 5.75 Å². The van der Waals surface area contributed by atoms with E-state index in [1.165, 1.54) is 6.92 Å². The normalized spacial score (nSPS) is 10.3. The van der Waals surface area contributed by atoms with Crippen LogP contribution in [-0.2, 0) is 17.6 Å². The fourth-order valence-corrected chi connectivity index (χ4v) is 2.53. The molecular formula is C20H23NO3. The summed E-state index contributed by atoms with van der Waals surface area (Å²) >= 11 is 0. The third-order valence-corrected chi connectivity index (χ3v) is 3.87. The van der Waals surface area contributed by atoms with E-state index in [1.807, 2.05) is 18.2 Å². The van der Waals surface area contributed by atoms with Crippen LogP contribution in [0, 0.1) is 0 Å². The maximum Gasteiger partial charge on any atom is 0.262 e. The van der Waals surface area contributed by atoms with E-state index in [1.54, 1.807) is 24.3 Å². The van der Waals surface area contributed by atoms with Gasteiger partial charge >= 0.3 is 0 Å². The van der Waals surface area contributed by atoms with Crippen molar-refractivity contribution in [3.8, 4) is 5.75 Å². The highest BCUT2D eigenvalue weighted by atomic mass is 16.5. The van der Waals surface area contributed by atoms with E-state index in [4.69, 9.17) is 4.74 Å². The minimum Gasteiger partial charge on any atom is -0.484 e. The number of para-hydroxylation sites is 1. The molecule has 0 bridgehead atoms. The number of Topliss-reactive ketones (excluding diaryl/α,β-unsaturated/α-hetero) is 1. The van der Waals surface area contributed by atoms with Crippen molar-refractivity contribution >= 4 is 17.4 Å². The zero-order valence-electron chi connectivity index (χ0n) is 14.4. The molecular weight excluding hydrogens is 302 g/mol. The number of rotatable bonds is 7. The molecule has 0 radical (unpaired) electrons. The van der Waals surface area contributed by atoms with Crippen molar-refractivity contribution in [2.75, 3.05) is 11.9 Å². The number of benzene rings is 2. The van der Waals surface area contributed by atoms with Crippen molar-refractivity contribution in [2.24, 2.45) is 0 Å². The Bertz CT molecular complexity index is 715. The van der Waals surface area contributed by atoms with Crippen LogP contribution in [0.2, 0.25) is 0 Å². The smallest absolute Gasteiger partial charge is 0.262 e. The lowest BCUT2D eigenvalue weighted by Crippen LogP contribution is -2.21. The van der Waals surface area contributed by atoms with Crippen LogP contribution in [0.4, 0.5) is 5.69 Å². The number of hydrogen-bond donors (Lipinski definition) is 1. The Morgan fingerprint density at radius 1 is 1.00 bits per heavy atom. The molecule has 2 aromatic carbocycles. The maximum atomic E-state index is 12.2. The third kappa shape index (κ3) is 4.44. The Balaban J connectivity index is 2.04. The van der Waals surface area contributed by atoms with E-state index in [9.17, 15) is 9.59 Å². The molecule has 4 heteroatoms. The van der Waals surface area contributed by atoms with E-state index >= 15 is 0 Å². The molecule has 0 heterocycles. The summed E-state index contributed by atoms with van der Waals surface area (Å²) in [6.45, 7) is 5.53. The summed E-state index contributed by atoms with van der Waals surface area (Å²) in [5, 5.41) is 2.96. The van der Waals surface area contributed by atoms with Gasteiger partial charge in [0.2, 0.25) is 0 Å². The molecule has 0 fully saturated rings. The molecule has 4 nitrogen and oxygen atoms in total. The molecule has 0 atom stereocenters. The fraction of sp³-hybridized carbons (Fsp3) is 0.300. The van der Waals surface area contributed by atoms with Gasteiger partial charge in [0.05, 0.1) is 0 Å². The van der Waals surface area contributed by atoms with Gasteiger partial charge in [-0.25, -0.2) is 0 Å². The average molecular weight is 325 g/mol. The van der Waals surface area contributed by atoms with Crippen LogP contribution >= 0.6 is 0 Å². The minimum absolute atomic E-state index is 0.0330. The second-order valence-corrected chi connectivity index (χ2v) is 5.58. The molecule has 126 valence electrons. The van der Waals surface area contributed by atoms with Gasteiger partial charge in [-0.3, -0.25) is 9.59 Å². The average Bonchev–Trinajstić information content (AvgIpc) is 2.60. The van der Waals surface area contributed by atoms with Gasteiger partial charge in [-0.05, 0) is 43.0 Å². The van der Waals surface area contributed by atoms with Crippen molar-refractivity contribution in [1.82, 2.24) is 0 Å². The fourth-order valence-electron chi connectivity index (χ4n) is 2.53. The van der Waals surface area contributed by atoms with Crippen molar-refractivity contribution in [3.63, 3.8) is 0 Å². The highest BCUT2D eigenvalue weighted by Gasteiger charge is 2.11. The molecule has 24 heavy (non-hydrogen) atoms. The van der Waals surface area contributed by atoms with Crippen LogP contribution in [0.25, 0.3) is 0 Å². The van der Waals surface area contributed by atoms with E-state index < -0.39 is 0 Å². The molecule has 0 aliphatic rings. The van der Waals surface area contributed by atoms with Crippen LogP contribution < -0.4 is 10.1 Å². The van der Waals surface area contributed by atoms with E-state index in [0.717, 1.165) is 29.7 Å². The number of amides is 1. The summed E-state index contributed by atoms with van der Waals surface area (Å²) in [5.41, 5.74) is 3.67. The van der Waals surface area contributed by atoms with E-state index in [-0.39, 0.29) is 18.3 Å². The number of carbonyl (C=O) groups is 2. The Labute approximate surface area is 142 Å². The number of anilines is 1. The summed E-state index contributed by atoms with van der Waals surface area (Å²) in [5.74, 6) is 0.269. The summed E-state index contributed by atoms with van der Waals surface area (Å²) in [4.78, 5) is 23.6. The number of carbonyl (C=O) groups excluding carboxylic acids is 2. The summed E-state index contributed by atoms with van der Waals surface area (Å²) < 4.78 is 5.51. The lowest BCUT2D eigenvalue weighted by atomic mass is 10.0. The summed E-state index contributed by atoms with van der Waals surface area (Å²) in [6.07, 6.45) is 1.70. The number of ketones is 1. The molecule has 0 spiro atoms. The van der Waals surface area contributed by atoms with Crippen LogP contribution in [0.3, 0.4) is 0 Å². The molecule has 1 amide bonds.